The topological polar surface area (TPSA) is 59.5 Å². The summed E-state index contributed by atoms with van der Waals surface area (Å²) in [6, 6.07) is 11.1. The summed E-state index contributed by atoms with van der Waals surface area (Å²) in [5.41, 5.74) is 7.99. The molecule has 100 valence electrons. The lowest BCUT2D eigenvalue weighted by Crippen LogP contribution is -2.42. The van der Waals surface area contributed by atoms with Crippen LogP contribution in [0.25, 0.3) is 0 Å². The second-order valence-corrected chi connectivity index (χ2v) is 4.62. The maximum Gasteiger partial charge on any atom is 0.239 e. The molecule has 0 aliphatic rings. The molecule has 0 aliphatic carbocycles. The average molecular weight is 258 g/mol. The summed E-state index contributed by atoms with van der Waals surface area (Å²) < 4.78 is 4.98. The van der Waals surface area contributed by atoms with Crippen LogP contribution in [0.1, 0.15) is 11.1 Å². The van der Waals surface area contributed by atoms with Crippen LogP contribution in [-0.2, 0) is 17.8 Å². The first-order valence-corrected chi connectivity index (χ1v) is 6.22. The van der Waals surface area contributed by atoms with Crippen molar-refractivity contribution in [2.45, 2.75) is 19.0 Å². The van der Waals surface area contributed by atoms with Crippen LogP contribution in [0.4, 0.5) is 0 Å². The Balaban J connectivity index is 1.91. The van der Waals surface area contributed by atoms with Crippen molar-refractivity contribution in [3.8, 4) is 0 Å². The highest BCUT2D eigenvalue weighted by Crippen LogP contribution is 2.07. The lowest BCUT2D eigenvalue weighted by atomic mass is 10.1. The number of nitrogens with two attached hydrogens (primary N) is 1. The van der Waals surface area contributed by atoms with Crippen molar-refractivity contribution in [3.63, 3.8) is 0 Å². The molecule has 1 aromatic heterocycles. The van der Waals surface area contributed by atoms with Crippen molar-refractivity contribution in [3.05, 3.63) is 60.1 Å². The molecule has 0 radical (unpaired) electrons. The van der Waals surface area contributed by atoms with E-state index >= 15 is 0 Å². The van der Waals surface area contributed by atoms with Gasteiger partial charge in [0.2, 0.25) is 5.91 Å². The van der Waals surface area contributed by atoms with Gasteiger partial charge in [0.05, 0.1) is 18.6 Å². The summed E-state index contributed by atoms with van der Waals surface area (Å²) in [5, 5.41) is 0. The fourth-order valence-corrected chi connectivity index (χ4v) is 1.97. The highest BCUT2D eigenvalue weighted by atomic mass is 16.3. The molecule has 1 heterocycles. The van der Waals surface area contributed by atoms with Crippen molar-refractivity contribution in [1.82, 2.24) is 4.90 Å². The Labute approximate surface area is 112 Å². The Morgan fingerprint density at radius 3 is 2.63 bits per heavy atom. The van der Waals surface area contributed by atoms with E-state index in [1.165, 1.54) is 0 Å². The van der Waals surface area contributed by atoms with Gasteiger partial charge in [-0.15, -0.1) is 0 Å². The number of carbonyl (C=O) groups excluding carboxylic acids is 1. The van der Waals surface area contributed by atoms with Gasteiger partial charge in [-0.05, 0) is 18.1 Å². The smallest absolute Gasteiger partial charge is 0.239 e. The normalized spacial score (nSPS) is 12.1. The van der Waals surface area contributed by atoms with Gasteiger partial charge in [0, 0.05) is 19.2 Å². The Morgan fingerprint density at radius 1 is 1.26 bits per heavy atom. The number of hydrogen-bond acceptors (Lipinski definition) is 3. The predicted molar refractivity (Wildman–Crippen MR) is 73.3 cm³/mol. The molecule has 1 unspecified atom stereocenters. The van der Waals surface area contributed by atoms with Gasteiger partial charge < -0.3 is 15.1 Å². The molecule has 0 aliphatic heterocycles. The van der Waals surface area contributed by atoms with E-state index in [1.54, 1.807) is 24.5 Å². The average Bonchev–Trinajstić information content (AvgIpc) is 2.91. The summed E-state index contributed by atoms with van der Waals surface area (Å²) in [6.07, 6.45) is 3.78. The van der Waals surface area contributed by atoms with Crippen molar-refractivity contribution < 1.29 is 9.21 Å². The van der Waals surface area contributed by atoms with Crippen molar-refractivity contribution in [2.24, 2.45) is 5.73 Å². The van der Waals surface area contributed by atoms with Crippen LogP contribution in [0.5, 0.6) is 0 Å². The van der Waals surface area contributed by atoms with Gasteiger partial charge in [0.15, 0.2) is 0 Å². The number of carbonyl (C=O) groups is 1. The minimum absolute atomic E-state index is 0.0648. The van der Waals surface area contributed by atoms with E-state index in [2.05, 4.69) is 0 Å². The first-order chi connectivity index (χ1) is 9.16. The van der Waals surface area contributed by atoms with Crippen LogP contribution in [0, 0.1) is 0 Å². The highest BCUT2D eigenvalue weighted by Gasteiger charge is 2.18. The first kappa shape index (κ1) is 13.4. The lowest BCUT2D eigenvalue weighted by Gasteiger charge is -2.20. The van der Waals surface area contributed by atoms with E-state index in [4.69, 9.17) is 10.2 Å². The Kier molecular flexibility index (Phi) is 4.36. The summed E-state index contributed by atoms with van der Waals surface area (Å²) in [5.74, 6) is -0.0648. The molecule has 1 aromatic carbocycles. The third kappa shape index (κ3) is 3.69. The molecule has 2 aromatic rings. The van der Waals surface area contributed by atoms with Gasteiger partial charge in [-0.1, -0.05) is 30.3 Å². The first-order valence-electron chi connectivity index (χ1n) is 6.22. The van der Waals surface area contributed by atoms with Gasteiger partial charge >= 0.3 is 0 Å². The molecule has 0 saturated carbocycles. The minimum atomic E-state index is -0.515. The molecule has 0 bridgehead atoms. The zero-order valence-corrected chi connectivity index (χ0v) is 11.0. The Hall–Kier alpha value is -2.07. The number of rotatable bonds is 5. The van der Waals surface area contributed by atoms with E-state index in [0.29, 0.717) is 13.0 Å². The van der Waals surface area contributed by atoms with E-state index in [1.807, 2.05) is 36.4 Å². The number of hydrogen-bond donors (Lipinski definition) is 1. The largest absolute Gasteiger partial charge is 0.472 e. The lowest BCUT2D eigenvalue weighted by molar-refractivity contribution is -0.131. The number of benzene rings is 1. The standard InChI is InChI=1S/C15H18N2O2/c1-17(10-13-7-8-19-11-13)15(18)14(16)9-12-5-3-2-4-6-12/h2-8,11,14H,9-10,16H2,1H3. The minimum Gasteiger partial charge on any atom is -0.472 e. The maximum absolute atomic E-state index is 12.1. The molecule has 19 heavy (non-hydrogen) atoms. The van der Waals surface area contributed by atoms with Gasteiger partial charge in [-0.25, -0.2) is 0 Å². The van der Waals surface area contributed by atoms with Crippen LogP contribution in [0.2, 0.25) is 0 Å². The molecule has 2 rings (SSSR count). The molecule has 1 amide bonds. The van der Waals surface area contributed by atoms with Crippen LogP contribution in [0.3, 0.4) is 0 Å². The van der Waals surface area contributed by atoms with Gasteiger partial charge in [-0.3, -0.25) is 4.79 Å². The second-order valence-electron chi connectivity index (χ2n) is 4.62. The van der Waals surface area contributed by atoms with E-state index in [-0.39, 0.29) is 5.91 Å². The monoisotopic (exact) mass is 258 g/mol. The zero-order chi connectivity index (χ0) is 13.7. The molecule has 1 atom stereocenters. The summed E-state index contributed by atoms with van der Waals surface area (Å²) in [7, 11) is 1.75. The van der Waals surface area contributed by atoms with Crippen LogP contribution < -0.4 is 5.73 Å². The summed E-state index contributed by atoms with van der Waals surface area (Å²) in [6.45, 7) is 0.512. The van der Waals surface area contributed by atoms with E-state index in [0.717, 1.165) is 11.1 Å². The van der Waals surface area contributed by atoms with Crippen LogP contribution in [-0.4, -0.2) is 23.9 Å². The quantitative estimate of drug-likeness (QED) is 0.889. The highest BCUT2D eigenvalue weighted by molar-refractivity contribution is 5.81. The SMILES string of the molecule is CN(Cc1ccoc1)C(=O)C(N)Cc1ccccc1. The summed E-state index contributed by atoms with van der Waals surface area (Å²) >= 11 is 0. The molecule has 0 saturated heterocycles. The summed E-state index contributed by atoms with van der Waals surface area (Å²) in [4.78, 5) is 13.8. The number of nitrogens with zero attached hydrogens (tertiary/aromatic N) is 1. The zero-order valence-electron chi connectivity index (χ0n) is 11.0. The molecule has 2 N–H and O–H groups in total. The maximum atomic E-state index is 12.1. The molecular weight excluding hydrogens is 240 g/mol. The van der Waals surface area contributed by atoms with Gasteiger partial charge in [-0.2, -0.15) is 0 Å². The van der Waals surface area contributed by atoms with Crippen molar-refractivity contribution in [1.29, 1.82) is 0 Å². The predicted octanol–water partition coefficient (Wildman–Crippen LogP) is 1.81. The van der Waals surface area contributed by atoms with Gasteiger partial charge in [0.1, 0.15) is 0 Å². The number of amides is 1. The Morgan fingerprint density at radius 2 is 2.00 bits per heavy atom. The Bertz CT molecular complexity index is 508. The van der Waals surface area contributed by atoms with Crippen LogP contribution in [0.15, 0.2) is 53.3 Å². The van der Waals surface area contributed by atoms with E-state index in [9.17, 15) is 4.79 Å². The second kappa shape index (κ2) is 6.20. The number of furan rings is 1. The van der Waals surface area contributed by atoms with Gasteiger partial charge in [0.25, 0.3) is 0 Å². The third-order valence-corrected chi connectivity index (χ3v) is 2.99. The fraction of sp³-hybridized carbons (Fsp3) is 0.267. The van der Waals surface area contributed by atoms with E-state index < -0.39 is 6.04 Å². The number of likely N-dealkylation sites (N-methyl/N-ethyl adjacent to an activating group) is 1. The van der Waals surface area contributed by atoms with Crippen molar-refractivity contribution in [2.75, 3.05) is 7.05 Å². The van der Waals surface area contributed by atoms with Crippen LogP contribution >= 0.6 is 0 Å². The molecule has 0 fully saturated rings. The molecule has 0 spiro atoms. The molecule has 4 heteroatoms. The molecular formula is C15H18N2O2. The van der Waals surface area contributed by atoms with Crippen molar-refractivity contribution >= 4 is 5.91 Å². The third-order valence-electron chi connectivity index (χ3n) is 2.99. The fourth-order valence-electron chi connectivity index (χ4n) is 1.97. The molecule has 4 nitrogen and oxygen atoms in total.